The predicted octanol–water partition coefficient (Wildman–Crippen LogP) is 3.16. The van der Waals surface area contributed by atoms with Crippen molar-refractivity contribution in [3.05, 3.63) is 45.3 Å². The van der Waals surface area contributed by atoms with E-state index in [-0.39, 0.29) is 11.5 Å². The van der Waals surface area contributed by atoms with Crippen LogP contribution in [0, 0.1) is 0 Å². The Bertz CT molecular complexity index is 1120. The van der Waals surface area contributed by atoms with Gasteiger partial charge in [0.15, 0.2) is 0 Å². The normalized spacial score (nSPS) is 14.0. The minimum Gasteiger partial charge on any atom is -0.497 e. The van der Waals surface area contributed by atoms with Gasteiger partial charge >= 0.3 is 0 Å². The van der Waals surface area contributed by atoms with E-state index in [9.17, 15) is 9.59 Å². The Morgan fingerprint density at radius 3 is 2.86 bits per heavy atom. The fourth-order valence-electron chi connectivity index (χ4n) is 3.55. The SMILES string of the molecule is COc1ccc(OC)c(NC(=O)C(C)n2cnc3sc4c(c3c2=O)CCC4)c1. The predicted molar refractivity (Wildman–Crippen MR) is 109 cm³/mol. The average Bonchev–Trinajstić information content (AvgIpc) is 3.28. The summed E-state index contributed by atoms with van der Waals surface area (Å²) < 4.78 is 11.9. The average molecular weight is 399 g/mol. The Labute approximate surface area is 165 Å². The van der Waals surface area contributed by atoms with Gasteiger partial charge < -0.3 is 14.8 Å². The Morgan fingerprint density at radius 1 is 1.29 bits per heavy atom. The van der Waals surface area contributed by atoms with Gasteiger partial charge in [-0.05, 0) is 43.9 Å². The van der Waals surface area contributed by atoms with Crippen molar-refractivity contribution in [3.63, 3.8) is 0 Å². The third-order valence-electron chi connectivity index (χ3n) is 5.11. The summed E-state index contributed by atoms with van der Waals surface area (Å²) in [7, 11) is 3.08. The molecule has 0 fully saturated rings. The second-order valence-corrected chi connectivity index (χ2v) is 7.81. The van der Waals surface area contributed by atoms with Crippen LogP contribution < -0.4 is 20.3 Å². The first-order valence-electron chi connectivity index (χ1n) is 9.07. The Kier molecular flexibility index (Phi) is 4.80. The van der Waals surface area contributed by atoms with E-state index in [0.29, 0.717) is 22.6 Å². The van der Waals surface area contributed by atoms with Crippen LogP contribution in [-0.2, 0) is 17.6 Å². The first kappa shape index (κ1) is 18.5. The fraction of sp³-hybridized carbons (Fsp3) is 0.350. The lowest BCUT2D eigenvalue weighted by Crippen LogP contribution is -2.32. The van der Waals surface area contributed by atoms with Crippen LogP contribution >= 0.6 is 11.3 Å². The largest absolute Gasteiger partial charge is 0.497 e. The van der Waals surface area contributed by atoms with E-state index in [1.807, 2.05) is 0 Å². The van der Waals surface area contributed by atoms with E-state index in [2.05, 4.69) is 10.3 Å². The number of nitrogens with zero attached hydrogens (tertiary/aromatic N) is 2. The number of amides is 1. The first-order chi connectivity index (χ1) is 13.5. The summed E-state index contributed by atoms with van der Waals surface area (Å²) in [5.74, 6) is 0.775. The second kappa shape index (κ2) is 7.27. The van der Waals surface area contributed by atoms with Crippen molar-refractivity contribution in [2.24, 2.45) is 0 Å². The molecule has 1 amide bonds. The van der Waals surface area contributed by atoms with Crippen molar-refractivity contribution in [1.82, 2.24) is 9.55 Å². The zero-order valence-corrected chi connectivity index (χ0v) is 16.8. The van der Waals surface area contributed by atoms with Crippen molar-refractivity contribution in [2.75, 3.05) is 19.5 Å². The van der Waals surface area contributed by atoms with Crippen molar-refractivity contribution in [1.29, 1.82) is 0 Å². The zero-order chi connectivity index (χ0) is 19.8. The highest BCUT2D eigenvalue weighted by Crippen LogP contribution is 2.34. The summed E-state index contributed by atoms with van der Waals surface area (Å²) in [4.78, 5) is 32.4. The Balaban J connectivity index is 1.66. The maximum Gasteiger partial charge on any atom is 0.263 e. The topological polar surface area (TPSA) is 82.4 Å². The highest BCUT2D eigenvalue weighted by molar-refractivity contribution is 7.18. The van der Waals surface area contributed by atoms with Crippen LogP contribution in [0.5, 0.6) is 11.5 Å². The van der Waals surface area contributed by atoms with Crippen molar-refractivity contribution < 1.29 is 14.3 Å². The van der Waals surface area contributed by atoms with Crippen LogP contribution in [0.2, 0.25) is 0 Å². The van der Waals surface area contributed by atoms with Gasteiger partial charge in [0.05, 0.1) is 31.6 Å². The number of carbonyl (C=O) groups excluding carboxylic acids is 1. The molecule has 0 saturated heterocycles. The molecule has 4 rings (SSSR count). The highest BCUT2D eigenvalue weighted by atomic mass is 32.1. The summed E-state index contributed by atoms with van der Waals surface area (Å²) in [6.07, 6.45) is 4.43. The third-order valence-corrected chi connectivity index (χ3v) is 6.31. The molecule has 8 heteroatoms. The Morgan fingerprint density at radius 2 is 2.11 bits per heavy atom. The van der Waals surface area contributed by atoms with E-state index in [4.69, 9.17) is 9.47 Å². The van der Waals surface area contributed by atoms with Gasteiger partial charge in [-0.1, -0.05) is 0 Å². The van der Waals surface area contributed by atoms with Crippen molar-refractivity contribution in [2.45, 2.75) is 32.2 Å². The van der Waals surface area contributed by atoms with Crippen LogP contribution in [0.3, 0.4) is 0 Å². The van der Waals surface area contributed by atoms with E-state index in [0.717, 1.165) is 29.7 Å². The van der Waals surface area contributed by atoms with E-state index >= 15 is 0 Å². The minimum absolute atomic E-state index is 0.162. The molecular weight excluding hydrogens is 378 g/mol. The van der Waals surface area contributed by atoms with Crippen LogP contribution in [-0.4, -0.2) is 29.7 Å². The summed E-state index contributed by atoms with van der Waals surface area (Å²) in [6.45, 7) is 1.68. The highest BCUT2D eigenvalue weighted by Gasteiger charge is 2.24. The molecule has 1 unspecified atom stereocenters. The van der Waals surface area contributed by atoms with Crippen molar-refractivity contribution in [3.8, 4) is 11.5 Å². The molecule has 146 valence electrons. The summed E-state index contributed by atoms with van der Waals surface area (Å²) in [6, 6.07) is 4.42. The van der Waals surface area contributed by atoms with Gasteiger partial charge in [0.25, 0.3) is 5.56 Å². The molecule has 1 aromatic carbocycles. The van der Waals surface area contributed by atoms with Gasteiger partial charge in [-0.15, -0.1) is 11.3 Å². The molecule has 0 radical (unpaired) electrons. The Hall–Kier alpha value is -2.87. The molecule has 2 aromatic heterocycles. The summed E-state index contributed by atoms with van der Waals surface area (Å²) in [5, 5.41) is 3.49. The lowest BCUT2D eigenvalue weighted by Gasteiger charge is -2.17. The standard InChI is InChI=1S/C20H21N3O4S/c1-11(18(24)22-14-9-12(26-2)7-8-15(14)27-3)23-10-21-19-17(20(23)25)13-5-4-6-16(13)28-19/h7-11H,4-6H2,1-3H3,(H,22,24). The molecule has 1 aliphatic rings. The number of hydrogen-bond donors (Lipinski definition) is 1. The molecule has 2 heterocycles. The van der Waals surface area contributed by atoms with Crippen LogP contribution in [0.25, 0.3) is 10.2 Å². The fourth-order valence-corrected chi connectivity index (χ4v) is 4.77. The van der Waals surface area contributed by atoms with Crippen LogP contribution in [0.15, 0.2) is 29.3 Å². The lowest BCUT2D eigenvalue weighted by molar-refractivity contribution is -0.118. The van der Waals surface area contributed by atoms with E-state index in [1.54, 1.807) is 43.6 Å². The number of ether oxygens (including phenoxy) is 2. The number of aromatic nitrogens is 2. The van der Waals surface area contributed by atoms with Crippen molar-refractivity contribution >= 4 is 33.1 Å². The molecule has 1 aliphatic carbocycles. The lowest BCUT2D eigenvalue weighted by atomic mass is 10.2. The molecule has 1 atom stereocenters. The molecular formula is C20H21N3O4S. The number of nitrogens with one attached hydrogen (secondary N) is 1. The molecule has 3 aromatic rings. The number of thiophene rings is 1. The van der Waals surface area contributed by atoms with Gasteiger partial charge in [-0.25, -0.2) is 4.98 Å². The summed E-state index contributed by atoms with van der Waals surface area (Å²) in [5.41, 5.74) is 1.43. The van der Waals surface area contributed by atoms with E-state index < -0.39 is 6.04 Å². The number of aryl methyl sites for hydroxylation is 2. The molecule has 0 spiro atoms. The number of carbonyl (C=O) groups is 1. The molecule has 0 aliphatic heterocycles. The number of anilines is 1. The number of rotatable bonds is 5. The summed E-state index contributed by atoms with van der Waals surface area (Å²) >= 11 is 1.59. The number of methoxy groups -OCH3 is 2. The molecule has 0 saturated carbocycles. The second-order valence-electron chi connectivity index (χ2n) is 6.73. The van der Waals surface area contributed by atoms with Gasteiger partial charge in [0.2, 0.25) is 5.91 Å². The van der Waals surface area contributed by atoms with Crippen LogP contribution in [0.4, 0.5) is 5.69 Å². The first-order valence-corrected chi connectivity index (χ1v) is 9.89. The molecule has 28 heavy (non-hydrogen) atoms. The van der Waals surface area contributed by atoms with Gasteiger partial charge in [-0.2, -0.15) is 0 Å². The van der Waals surface area contributed by atoms with Gasteiger partial charge in [0, 0.05) is 10.9 Å². The number of benzene rings is 1. The maximum atomic E-state index is 13.1. The molecule has 0 bridgehead atoms. The maximum absolute atomic E-state index is 13.1. The molecule has 7 nitrogen and oxygen atoms in total. The number of fused-ring (bicyclic) bond motifs is 3. The third kappa shape index (κ3) is 3.03. The zero-order valence-electron chi connectivity index (χ0n) is 15.9. The monoisotopic (exact) mass is 399 g/mol. The quantitative estimate of drug-likeness (QED) is 0.713. The molecule has 1 N–H and O–H groups in total. The number of hydrogen-bond acceptors (Lipinski definition) is 6. The van der Waals surface area contributed by atoms with Crippen LogP contribution in [0.1, 0.15) is 29.8 Å². The van der Waals surface area contributed by atoms with E-state index in [1.165, 1.54) is 22.9 Å². The van der Waals surface area contributed by atoms with Gasteiger partial charge in [-0.3, -0.25) is 14.2 Å². The minimum atomic E-state index is -0.725. The van der Waals surface area contributed by atoms with Gasteiger partial charge in [0.1, 0.15) is 22.4 Å². The smallest absolute Gasteiger partial charge is 0.263 e.